The van der Waals surface area contributed by atoms with Crippen molar-refractivity contribution < 1.29 is 9.47 Å². The lowest BCUT2D eigenvalue weighted by Gasteiger charge is -2.34. The van der Waals surface area contributed by atoms with Gasteiger partial charge in [-0.25, -0.2) is 0 Å². The fraction of sp³-hybridized carbons (Fsp3) is 0.500. The Morgan fingerprint density at radius 2 is 1.74 bits per heavy atom. The molecule has 0 radical (unpaired) electrons. The zero-order chi connectivity index (χ0) is 20.1. The molecule has 0 fully saturated rings. The largest absolute Gasteiger partial charge is 0.496 e. The molecular weight excluding hydrogens is 351 g/mol. The Hall–Kier alpha value is -1.53. The summed E-state index contributed by atoms with van der Waals surface area (Å²) in [6, 6.07) is 8.76. The van der Waals surface area contributed by atoms with Crippen LogP contribution >= 0.6 is 7.92 Å². The number of hydrogen-bond acceptors (Lipinski definition) is 2. The van der Waals surface area contributed by atoms with Crippen molar-refractivity contribution in [3.63, 3.8) is 0 Å². The fourth-order valence-corrected chi connectivity index (χ4v) is 7.49. The van der Waals surface area contributed by atoms with Gasteiger partial charge in [-0.3, -0.25) is 0 Å². The molecule has 27 heavy (non-hydrogen) atoms. The summed E-state index contributed by atoms with van der Waals surface area (Å²) < 4.78 is 12.4. The molecule has 0 spiro atoms. The van der Waals surface area contributed by atoms with Gasteiger partial charge in [0, 0.05) is 10.9 Å². The number of benzene rings is 2. The first-order valence-electron chi connectivity index (χ1n) is 9.82. The van der Waals surface area contributed by atoms with Crippen molar-refractivity contribution in [2.75, 3.05) is 7.11 Å². The van der Waals surface area contributed by atoms with Crippen LogP contribution in [-0.4, -0.2) is 18.1 Å². The highest BCUT2D eigenvalue weighted by Crippen LogP contribution is 2.62. The van der Waals surface area contributed by atoms with Crippen LogP contribution in [0.4, 0.5) is 0 Å². The van der Waals surface area contributed by atoms with Crippen LogP contribution in [0.2, 0.25) is 0 Å². The summed E-state index contributed by atoms with van der Waals surface area (Å²) in [5, 5.41) is 1.58. The number of rotatable bonds is 3. The van der Waals surface area contributed by atoms with Gasteiger partial charge in [-0.15, -0.1) is 0 Å². The lowest BCUT2D eigenvalue weighted by atomic mass is 9.93. The summed E-state index contributed by atoms with van der Waals surface area (Å²) in [7, 11) is 1.31. The van der Waals surface area contributed by atoms with E-state index in [1.165, 1.54) is 33.1 Å². The van der Waals surface area contributed by atoms with Gasteiger partial charge in [0.1, 0.15) is 17.3 Å². The maximum atomic E-state index is 6.53. The Morgan fingerprint density at radius 3 is 2.30 bits per heavy atom. The summed E-state index contributed by atoms with van der Waals surface area (Å²) in [6.07, 6.45) is 0. The number of hydrogen-bond donors (Lipinski definition) is 0. The first kappa shape index (κ1) is 20.2. The van der Waals surface area contributed by atoms with Crippen molar-refractivity contribution >= 4 is 13.2 Å². The van der Waals surface area contributed by atoms with E-state index in [-0.39, 0.29) is 11.0 Å². The van der Waals surface area contributed by atoms with E-state index in [2.05, 4.69) is 79.7 Å². The zero-order valence-corrected chi connectivity index (χ0v) is 19.1. The van der Waals surface area contributed by atoms with E-state index in [9.17, 15) is 0 Å². The Labute approximate surface area is 166 Å². The monoisotopic (exact) mass is 384 g/mol. The minimum atomic E-state index is -0.476. The number of methoxy groups -OCH3 is 1. The third-order valence-electron chi connectivity index (χ3n) is 5.49. The van der Waals surface area contributed by atoms with Gasteiger partial charge >= 0.3 is 0 Å². The fourth-order valence-electron chi connectivity index (χ4n) is 4.18. The number of ether oxygens (including phenoxy) is 2. The molecule has 0 unspecified atom stereocenters. The first-order valence-corrected chi connectivity index (χ1v) is 11.2. The summed E-state index contributed by atoms with van der Waals surface area (Å²) in [5.74, 6) is 2.79. The molecule has 2 aromatic carbocycles. The molecular formula is C24H33O2P. The maximum absolute atomic E-state index is 6.53. The van der Waals surface area contributed by atoms with Gasteiger partial charge in [0.2, 0.25) is 0 Å². The Kier molecular flexibility index (Phi) is 5.34. The minimum Gasteiger partial charge on any atom is -0.496 e. The number of aryl methyl sites for hydroxylation is 2. The molecule has 1 heterocycles. The average Bonchev–Trinajstić information content (AvgIpc) is 2.98. The van der Waals surface area contributed by atoms with Gasteiger partial charge in [-0.2, -0.15) is 0 Å². The van der Waals surface area contributed by atoms with Crippen molar-refractivity contribution in [1.29, 1.82) is 0 Å². The lowest BCUT2D eigenvalue weighted by Crippen LogP contribution is -2.28. The summed E-state index contributed by atoms with van der Waals surface area (Å²) in [5.41, 5.74) is 6.31. The molecule has 0 amide bonds. The molecule has 1 aliphatic rings. The van der Waals surface area contributed by atoms with E-state index >= 15 is 0 Å². The molecule has 3 rings (SSSR count). The summed E-state index contributed by atoms with van der Waals surface area (Å²) in [4.78, 5) is 0. The highest BCUT2D eigenvalue weighted by Gasteiger charge is 2.44. The SMILES string of the molecule is COc1c(C)cc(C)c(C)c1-c1cccc2c1[P@](C(C)(C)C)[C@@H](C(C)C)O2. The molecule has 0 saturated heterocycles. The van der Waals surface area contributed by atoms with Crippen LogP contribution in [0.5, 0.6) is 11.5 Å². The van der Waals surface area contributed by atoms with E-state index in [1.54, 1.807) is 7.11 Å². The second-order valence-electron chi connectivity index (χ2n) is 8.99. The molecule has 0 N–H and O–H groups in total. The van der Waals surface area contributed by atoms with Gasteiger partial charge in [0.05, 0.1) is 7.11 Å². The molecule has 3 heteroatoms. The molecule has 0 aromatic heterocycles. The predicted octanol–water partition coefficient (Wildman–Crippen LogP) is 6.57. The van der Waals surface area contributed by atoms with Crippen molar-refractivity contribution in [2.45, 2.75) is 66.4 Å². The van der Waals surface area contributed by atoms with Crippen LogP contribution < -0.4 is 14.8 Å². The molecule has 146 valence electrons. The van der Waals surface area contributed by atoms with Crippen LogP contribution in [0.3, 0.4) is 0 Å². The van der Waals surface area contributed by atoms with Crippen LogP contribution in [0.1, 0.15) is 51.3 Å². The molecule has 2 aromatic rings. The van der Waals surface area contributed by atoms with Crippen molar-refractivity contribution in [3.05, 3.63) is 41.0 Å². The zero-order valence-electron chi connectivity index (χ0n) is 18.2. The van der Waals surface area contributed by atoms with E-state index in [4.69, 9.17) is 9.47 Å². The van der Waals surface area contributed by atoms with E-state index in [1.807, 2.05) is 0 Å². The average molecular weight is 385 g/mol. The Morgan fingerprint density at radius 1 is 1.07 bits per heavy atom. The van der Waals surface area contributed by atoms with Gasteiger partial charge in [-0.1, -0.05) is 52.8 Å². The van der Waals surface area contributed by atoms with E-state index in [0.717, 1.165) is 11.5 Å². The molecule has 2 atom stereocenters. The van der Waals surface area contributed by atoms with E-state index < -0.39 is 7.92 Å². The highest BCUT2D eigenvalue weighted by atomic mass is 31.1. The molecule has 0 bridgehead atoms. The second kappa shape index (κ2) is 7.13. The van der Waals surface area contributed by atoms with Crippen molar-refractivity contribution in [1.82, 2.24) is 0 Å². The summed E-state index contributed by atoms with van der Waals surface area (Å²) >= 11 is 0. The van der Waals surface area contributed by atoms with Crippen LogP contribution in [0, 0.1) is 26.7 Å². The number of fused-ring (bicyclic) bond motifs is 1. The third kappa shape index (κ3) is 3.38. The Balaban J connectivity index is 2.34. The molecule has 2 nitrogen and oxygen atoms in total. The van der Waals surface area contributed by atoms with Crippen LogP contribution in [-0.2, 0) is 0 Å². The minimum absolute atomic E-state index is 0.172. The third-order valence-corrected chi connectivity index (χ3v) is 9.09. The smallest absolute Gasteiger partial charge is 0.129 e. The van der Waals surface area contributed by atoms with Gasteiger partial charge in [0.15, 0.2) is 0 Å². The topological polar surface area (TPSA) is 18.5 Å². The molecule has 0 saturated carbocycles. The van der Waals surface area contributed by atoms with Gasteiger partial charge in [-0.05, 0) is 68.1 Å². The quantitative estimate of drug-likeness (QED) is 0.557. The van der Waals surface area contributed by atoms with Crippen LogP contribution in [0.15, 0.2) is 24.3 Å². The van der Waals surface area contributed by atoms with E-state index in [0.29, 0.717) is 5.92 Å². The molecule has 1 aliphatic heterocycles. The highest BCUT2D eigenvalue weighted by molar-refractivity contribution is 7.68. The van der Waals surface area contributed by atoms with Gasteiger partial charge in [0.25, 0.3) is 0 Å². The van der Waals surface area contributed by atoms with Crippen molar-refractivity contribution in [3.8, 4) is 22.6 Å². The van der Waals surface area contributed by atoms with Gasteiger partial charge < -0.3 is 9.47 Å². The predicted molar refractivity (Wildman–Crippen MR) is 118 cm³/mol. The standard InChI is InChI=1S/C24H33O2P/c1-14(2)23-26-19-12-10-11-18(22(19)27(23)24(6,7)8)20-17(5)15(3)13-16(4)21(20)25-9/h10-14,23H,1-9H3/t23-,27-/m0/s1. The molecule has 0 aliphatic carbocycles. The second-order valence-corrected chi connectivity index (χ2v) is 12.0. The summed E-state index contributed by atoms with van der Waals surface area (Å²) in [6.45, 7) is 18.2. The van der Waals surface area contributed by atoms with Crippen LogP contribution in [0.25, 0.3) is 11.1 Å². The maximum Gasteiger partial charge on any atom is 0.129 e. The first-order chi connectivity index (χ1) is 12.6. The Bertz CT molecular complexity index is 862. The normalized spacial score (nSPS) is 19.2. The van der Waals surface area contributed by atoms with Crippen molar-refractivity contribution in [2.24, 2.45) is 5.92 Å². The lowest BCUT2D eigenvalue weighted by molar-refractivity contribution is 0.240.